The molecule has 0 heterocycles. The summed E-state index contributed by atoms with van der Waals surface area (Å²) in [5.41, 5.74) is 0. The Hall–Kier alpha value is -0.400. The maximum Gasteiger partial charge on any atom is 0.139 e. The highest BCUT2D eigenvalue weighted by Crippen LogP contribution is 2.31. The number of rotatable bonds is 2. The van der Waals surface area contributed by atoms with E-state index in [1.54, 1.807) is 18.2 Å². The Balaban J connectivity index is 2.10. The quantitative estimate of drug-likeness (QED) is 0.736. The van der Waals surface area contributed by atoms with E-state index in [2.05, 4.69) is 0 Å². The molecule has 2 rings (SSSR count). The highest BCUT2D eigenvalue weighted by Gasteiger charge is 2.17. The lowest BCUT2D eigenvalue weighted by molar-refractivity contribution is 0.210. The Morgan fingerprint density at radius 3 is 2.57 bits per heavy atom. The molecule has 0 amide bonds. The minimum atomic E-state index is 0.325. The van der Waals surface area contributed by atoms with Crippen LogP contribution >= 0.6 is 23.2 Å². The Kier molecular flexibility index (Phi) is 3.19. The first kappa shape index (κ1) is 10.1. The van der Waals surface area contributed by atoms with E-state index in [1.165, 1.54) is 12.8 Å². The first-order chi connectivity index (χ1) is 6.75. The highest BCUT2D eigenvalue weighted by atomic mass is 35.5. The van der Waals surface area contributed by atoms with Gasteiger partial charge < -0.3 is 4.74 Å². The smallest absolute Gasteiger partial charge is 0.139 e. The van der Waals surface area contributed by atoms with Gasteiger partial charge in [0.2, 0.25) is 0 Å². The molecule has 0 spiro atoms. The van der Waals surface area contributed by atoms with Crippen LogP contribution in [0.25, 0.3) is 0 Å². The summed E-state index contributed by atoms with van der Waals surface area (Å²) in [5.74, 6) is 0.714. The summed E-state index contributed by atoms with van der Waals surface area (Å²) in [6, 6.07) is 5.32. The van der Waals surface area contributed by atoms with Gasteiger partial charge in [0.1, 0.15) is 5.75 Å². The molecule has 0 bridgehead atoms. The fourth-order valence-electron chi connectivity index (χ4n) is 1.75. The molecule has 1 saturated carbocycles. The van der Waals surface area contributed by atoms with Crippen molar-refractivity contribution < 1.29 is 4.74 Å². The second-order valence-corrected chi connectivity index (χ2v) is 4.44. The molecule has 1 aromatic carbocycles. The number of ether oxygens (including phenoxy) is 1. The first-order valence-corrected chi connectivity index (χ1v) is 5.63. The van der Waals surface area contributed by atoms with Crippen molar-refractivity contribution in [2.24, 2.45) is 0 Å². The van der Waals surface area contributed by atoms with Crippen LogP contribution in [-0.4, -0.2) is 6.10 Å². The largest absolute Gasteiger partial charge is 0.489 e. The standard InChI is InChI=1S/C11H12Cl2O/c12-8-5-6-10(13)11(7-8)14-9-3-1-2-4-9/h5-7,9H,1-4H2. The van der Waals surface area contributed by atoms with E-state index in [9.17, 15) is 0 Å². The maximum absolute atomic E-state index is 5.99. The van der Waals surface area contributed by atoms with Crippen LogP contribution in [0.4, 0.5) is 0 Å². The molecule has 1 aromatic rings. The molecule has 1 aliphatic carbocycles. The van der Waals surface area contributed by atoms with Crippen LogP contribution in [0.5, 0.6) is 5.75 Å². The summed E-state index contributed by atoms with van der Waals surface area (Å²) in [6.45, 7) is 0. The van der Waals surface area contributed by atoms with Crippen LogP contribution in [0.1, 0.15) is 25.7 Å². The Morgan fingerprint density at radius 1 is 1.14 bits per heavy atom. The third kappa shape index (κ3) is 2.34. The monoisotopic (exact) mass is 230 g/mol. The van der Waals surface area contributed by atoms with Gasteiger partial charge >= 0.3 is 0 Å². The van der Waals surface area contributed by atoms with Gasteiger partial charge in [0, 0.05) is 11.1 Å². The number of hydrogen-bond donors (Lipinski definition) is 0. The van der Waals surface area contributed by atoms with Crippen molar-refractivity contribution in [2.45, 2.75) is 31.8 Å². The average molecular weight is 231 g/mol. The van der Waals surface area contributed by atoms with Gasteiger partial charge in [0.15, 0.2) is 0 Å². The lowest BCUT2D eigenvalue weighted by atomic mass is 10.3. The van der Waals surface area contributed by atoms with Crippen molar-refractivity contribution >= 4 is 23.2 Å². The van der Waals surface area contributed by atoms with Crippen LogP contribution in [0.3, 0.4) is 0 Å². The number of halogens is 2. The fraction of sp³-hybridized carbons (Fsp3) is 0.455. The predicted molar refractivity (Wildman–Crippen MR) is 59.3 cm³/mol. The second-order valence-electron chi connectivity index (χ2n) is 3.60. The minimum Gasteiger partial charge on any atom is -0.489 e. The molecule has 14 heavy (non-hydrogen) atoms. The summed E-state index contributed by atoms with van der Waals surface area (Å²) in [5, 5.41) is 1.31. The molecule has 1 fully saturated rings. The van der Waals surface area contributed by atoms with Crippen molar-refractivity contribution in [1.82, 2.24) is 0 Å². The van der Waals surface area contributed by atoms with Gasteiger partial charge in [-0.1, -0.05) is 23.2 Å². The van der Waals surface area contributed by atoms with Gasteiger partial charge in [-0.25, -0.2) is 0 Å². The van der Waals surface area contributed by atoms with Gasteiger partial charge in [-0.3, -0.25) is 0 Å². The topological polar surface area (TPSA) is 9.23 Å². The Labute approximate surface area is 94.0 Å². The molecule has 76 valence electrons. The van der Waals surface area contributed by atoms with Gasteiger partial charge in [0.25, 0.3) is 0 Å². The third-order valence-corrected chi connectivity index (χ3v) is 3.04. The fourth-order valence-corrected chi connectivity index (χ4v) is 2.08. The first-order valence-electron chi connectivity index (χ1n) is 4.87. The third-order valence-electron chi connectivity index (χ3n) is 2.49. The summed E-state index contributed by atoms with van der Waals surface area (Å²) < 4.78 is 5.77. The lowest BCUT2D eigenvalue weighted by Crippen LogP contribution is -2.10. The average Bonchev–Trinajstić information content (AvgIpc) is 2.64. The highest BCUT2D eigenvalue weighted by molar-refractivity contribution is 6.34. The van der Waals surface area contributed by atoms with Crippen molar-refractivity contribution in [2.75, 3.05) is 0 Å². The molecule has 0 unspecified atom stereocenters. The SMILES string of the molecule is Clc1ccc(Cl)c(OC2CCCC2)c1. The van der Waals surface area contributed by atoms with Crippen molar-refractivity contribution in [1.29, 1.82) is 0 Å². The van der Waals surface area contributed by atoms with Crippen molar-refractivity contribution in [3.63, 3.8) is 0 Å². The van der Waals surface area contributed by atoms with Gasteiger partial charge in [-0.05, 0) is 37.8 Å². The van der Waals surface area contributed by atoms with Gasteiger partial charge in [-0.2, -0.15) is 0 Å². The molecule has 0 aliphatic heterocycles. The maximum atomic E-state index is 5.99. The van der Waals surface area contributed by atoms with Gasteiger partial charge in [-0.15, -0.1) is 0 Å². The molecular formula is C11H12Cl2O. The van der Waals surface area contributed by atoms with Crippen molar-refractivity contribution in [3.05, 3.63) is 28.2 Å². The van der Waals surface area contributed by atoms with Crippen LogP contribution in [0, 0.1) is 0 Å². The van der Waals surface area contributed by atoms with Crippen molar-refractivity contribution in [3.8, 4) is 5.75 Å². The molecule has 0 atom stereocenters. The van der Waals surface area contributed by atoms with E-state index < -0.39 is 0 Å². The zero-order chi connectivity index (χ0) is 9.97. The zero-order valence-electron chi connectivity index (χ0n) is 7.80. The molecule has 3 heteroatoms. The minimum absolute atomic E-state index is 0.325. The lowest BCUT2D eigenvalue weighted by Gasteiger charge is -2.14. The molecule has 1 aliphatic rings. The normalized spacial score (nSPS) is 17.3. The van der Waals surface area contributed by atoms with E-state index in [-0.39, 0.29) is 0 Å². The van der Waals surface area contributed by atoms with E-state index in [0.717, 1.165) is 12.8 Å². The Morgan fingerprint density at radius 2 is 1.86 bits per heavy atom. The summed E-state index contributed by atoms with van der Waals surface area (Å²) in [4.78, 5) is 0. The molecule has 0 radical (unpaired) electrons. The molecule has 0 N–H and O–H groups in total. The summed E-state index contributed by atoms with van der Waals surface area (Å²) >= 11 is 11.9. The van der Waals surface area contributed by atoms with E-state index >= 15 is 0 Å². The number of hydrogen-bond acceptors (Lipinski definition) is 1. The van der Waals surface area contributed by atoms with Crippen LogP contribution < -0.4 is 4.74 Å². The molecule has 0 saturated heterocycles. The number of benzene rings is 1. The summed E-state index contributed by atoms with van der Waals surface area (Å²) in [7, 11) is 0. The molecule has 1 nitrogen and oxygen atoms in total. The predicted octanol–water partition coefficient (Wildman–Crippen LogP) is 4.31. The summed E-state index contributed by atoms with van der Waals surface area (Å²) in [6.07, 6.45) is 5.09. The van der Waals surface area contributed by atoms with E-state index in [4.69, 9.17) is 27.9 Å². The second kappa shape index (κ2) is 4.41. The zero-order valence-corrected chi connectivity index (χ0v) is 9.31. The van der Waals surface area contributed by atoms with Crippen LogP contribution in [0.2, 0.25) is 10.0 Å². The molecule has 0 aromatic heterocycles. The van der Waals surface area contributed by atoms with E-state index in [0.29, 0.717) is 21.9 Å². The Bertz CT molecular complexity index is 319. The molecular weight excluding hydrogens is 219 g/mol. The van der Waals surface area contributed by atoms with Crippen LogP contribution in [-0.2, 0) is 0 Å². The van der Waals surface area contributed by atoms with Gasteiger partial charge in [0.05, 0.1) is 11.1 Å². The van der Waals surface area contributed by atoms with Crippen LogP contribution in [0.15, 0.2) is 18.2 Å². The van der Waals surface area contributed by atoms with E-state index in [1.807, 2.05) is 0 Å².